The Kier molecular flexibility index (Phi) is 4.64. The molecule has 7 nitrogen and oxygen atoms in total. The summed E-state index contributed by atoms with van der Waals surface area (Å²) in [5.41, 5.74) is 0.553. The lowest BCUT2D eigenvalue weighted by Crippen LogP contribution is -1.96. The van der Waals surface area contributed by atoms with Crippen LogP contribution in [-0.4, -0.2) is 15.1 Å². The third kappa shape index (κ3) is 3.64. The minimum atomic E-state index is -0.481. The first-order valence-corrected chi connectivity index (χ1v) is 7.43. The normalized spacial score (nSPS) is 10.6. The van der Waals surface area contributed by atoms with E-state index in [0.29, 0.717) is 21.4 Å². The Hall–Kier alpha value is -2.64. The van der Waals surface area contributed by atoms with Crippen LogP contribution >= 0.6 is 23.2 Å². The summed E-state index contributed by atoms with van der Waals surface area (Å²) in [5, 5.41) is 19.3. The second kappa shape index (κ2) is 6.86. The van der Waals surface area contributed by atoms with E-state index >= 15 is 0 Å². The fraction of sp³-hybridized carbons (Fsp3) is 0.0667. The van der Waals surface area contributed by atoms with Crippen molar-refractivity contribution in [3.8, 4) is 17.2 Å². The number of ether oxygens (including phenoxy) is 1. The van der Waals surface area contributed by atoms with Crippen molar-refractivity contribution < 1.29 is 14.1 Å². The van der Waals surface area contributed by atoms with Gasteiger partial charge in [0.15, 0.2) is 6.61 Å². The van der Waals surface area contributed by atoms with Crippen LogP contribution in [-0.2, 0) is 6.61 Å². The zero-order valence-corrected chi connectivity index (χ0v) is 13.5. The van der Waals surface area contributed by atoms with Gasteiger partial charge in [0.1, 0.15) is 5.75 Å². The summed E-state index contributed by atoms with van der Waals surface area (Å²) in [6, 6.07) is 10.6. The molecule has 0 N–H and O–H groups in total. The van der Waals surface area contributed by atoms with Crippen LogP contribution in [0.2, 0.25) is 10.0 Å². The molecule has 3 rings (SSSR count). The van der Waals surface area contributed by atoms with Crippen LogP contribution < -0.4 is 4.74 Å². The second-order valence-corrected chi connectivity index (χ2v) is 5.51. The number of nitrogens with zero attached hydrogens (tertiary/aromatic N) is 3. The van der Waals surface area contributed by atoms with Gasteiger partial charge in [-0.25, -0.2) is 0 Å². The smallest absolute Gasteiger partial charge is 0.269 e. The topological polar surface area (TPSA) is 91.3 Å². The van der Waals surface area contributed by atoms with Crippen molar-refractivity contribution in [2.24, 2.45) is 0 Å². The minimum Gasteiger partial charge on any atom is -0.482 e. The van der Waals surface area contributed by atoms with Crippen LogP contribution in [0.15, 0.2) is 46.9 Å². The van der Waals surface area contributed by atoms with Crippen LogP contribution in [0.4, 0.5) is 5.69 Å². The fourth-order valence-electron chi connectivity index (χ4n) is 1.88. The standard InChI is InChI=1S/C15H9Cl2N3O4/c16-10-3-6-12(17)13(7-10)23-8-14-18-19-15(24-14)9-1-4-11(5-2-9)20(21)22/h1-7H,8H2. The Morgan fingerprint density at radius 3 is 2.58 bits per heavy atom. The molecule has 2 aromatic carbocycles. The molecule has 0 aliphatic rings. The molecule has 122 valence electrons. The van der Waals surface area contributed by atoms with Gasteiger partial charge in [0.25, 0.3) is 11.6 Å². The summed E-state index contributed by atoms with van der Waals surface area (Å²) in [6.07, 6.45) is 0. The summed E-state index contributed by atoms with van der Waals surface area (Å²) in [5.74, 6) is 0.874. The Morgan fingerprint density at radius 2 is 1.88 bits per heavy atom. The maximum absolute atomic E-state index is 10.6. The lowest BCUT2D eigenvalue weighted by molar-refractivity contribution is -0.384. The molecule has 3 aromatic rings. The van der Waals surface area contributed by atoms with Gasteiger partial charge in [0, 0.05) is 28.8 Å². The van der Waals surface area contributed by atoms with Crippen LogP contribution in [0, 0.1) is 10.1 Å². The van der Waals surface area contributed by atoms with Gasteiger partial charge >= 0.3 is 0 Å². The SMILES string of the molecule is O=[N+]([O-])c1ccc(-c2nnc(COc3cc(Cl)ccc3Cl)o2)cc1. The van der Waals surface area contributed by atoms with E-state index in [1.54, 1.807) is 18.2 Å². The van der Waals surface area contributed by atoms with Crippen molar-refractivity contribution in [1.29, 1.82) is 0 Å². The van der Waals surface area contributed by atoms with E-state index in [0.717, 1.165) is 0 Å². The van der Waals surface area contributed by atoms with Crippen molar-refractivity contribution in [2.45, 2.75) is 6.61 Å². The Labute approximate surface area is 145 Å². The maximum atomic E-state index is 10.6. The predicted molar refractivity (Wildman–Crippen MR) is 87.2 cm³/mol. The van der Waals surface area contributed by atoms with Gasteiger partial charge in [-0.05, 0) is 24.3 Å². The number of halogens is 2. The highest BCUT2D eigenvalue weighted by Gasteiger charge is 2.12. The van der Waals surface area contributed by atoms with Gasteiger partial charge in [0.2, 0.25) is 5.89 Å². The number of non-ortho nitro benzene ring substituents is 1. The molecule has 24 heavy (non-hydrogen) atoms. The highest BCUT2D eigenvalue weighted by molar-refractivity contribution is 6.34. The number of hydrogen-bond acceptors (Lipinski definition) is 6. The molecule has 0 aliphatic carbocycles. The average Bonchev–Trinajstić information content (AvgIpc) is 3.05. The first-order chi connectivity index (χ1) is 11.5. The van der Waals surface area contributed by atoms with Crippen molar-refractivity contribution in [1.82, 2.24) is 10.2 Å². The van der Waals surface area contributed by atoms with E-state index in [2.05, 4.69) is 10.2 Å². The molecule has 0 saturated heterocycles. The number of nitro benzene ring substituents is 1. The van der Waals surface area contributed by atoms with E-state index in [1.807, 2.05) is 0 Å². The summed E-state index contributed by atoms with van der Waals surface area (Å²) in [4.78, 5) is 10.2. The Bertz CT molecular complexity index is 881. The number of benzene rings is 2. The van der Waals surface area contributed by atoms with Crippen LogP contribution in [0.25, 0.3) is 11.5 Å². The number of nitro groups is 1. The Morgan fingerprint density at radius 1 is 1.12 bits per heavy atom. The predicted octanol–water partition coefficient (Wildman–Crippen LogP) is 4.53. The zero-order valence-electron chi connectivity index (χ0n) is 12.0. The van der Waals surface area contributed by atoms with Crippen LogP contribution in [0.3, 0.4) is 0 Å². The van der Waals surface area contributed by atoms with Gasteiger partial charge in [-0.2, -0.15) is 0 Å². The fourth-order valence-corrected chi connectivity index (χ4v) is 2.22. The second-order valence-electron chi connectivity index (χ2n) is 4.67. The number of rotatable bonds is 5. The number of hydrogen-bond donors (Lipinski definition) is 0. The van der Waals surface area contributed by atoms with Crippen LogP contribution in [0.1, 0.15) is 5.89 Å². The molecular formula is C15H9Cl2N3O4. The lowest BCUT2D eigenvalue weighted by atomic mass is 10.2. The largest absolute Gasteiger partial charge is 0.482 e. The molecule has 1 heterocycles. The lowest BCUT2D eigenvalue weighted by Gasteiger charge is -2.05. The molecule has 0 amide bonds. The average molecular weight is 366 g/mol. The first-order valence-electron chi connectivity index (χ1n) is 6.68. The molecule has 0 aliphatic heterocycles. The monoisotopic (exact) mass is 365 g/mol. The summed E-state index contributed by atoms with van der Waals surface area (Å²) >= 11 is 11.9. The van der Waals surface area contributed by atoms with Gasteiger partial charge in [-0.3, -0.25) is 10.1 Å². The quantitative estimate of drug-likeness (QED) is 0.487. The summed E-state index contributed by atoms with van der Waals surface area (Å²) < 4.78 is 11.0. The van der Waals surface area contributed by atoms with Gasteiger partial charge < -0.3 is 9.15 Å². The molecule has 0 bridgehead atoms. The molecule has 0 spiro atoms. The molecule has 1 aromatic heterocycles. The van der Waals surface area contributed by atoms with E-state index < -0.39 is 4.92 Å². The van der Waals surface area contributed by atoms with E-state index in [9.17, 15) is 10.1 Å². The Balaban J connectivity index is 1.71. The van der Waals surface area contributed by atoms with Crippen molar-refractivity contribution in [3.63, 3.8) is 0 Å². The van der Waals surface area contributed by atoms with E-state index in [1.165, 1.54) is 24.3 Å². The highest BCUT2D eigenvalue weighted by atomic mass is 35.5. The third-order valence-electron chi connectivity index (χ3n) is 3.04. The number of aromatic nitrogens is 2. The molecule has 0 radical (unpaired) electrons. The zero-order chi connectivity index (χ0) is 17.1. The molecule has 0 saturated carbocycles. The highest BCUT2D eigenvalue weighted by Crippen LogP contribution is 2.28. The van der Waals surface area contributed by atoms with Crippen molar-refractivity contribution >= 4 is 28.9 Å². The van der Waals surface area contributed by atoms with Gasteiger partial charge in [0.05, 0.1) is 9.95 Å². The van der Waals surface area contributed by atoms with Gasteiger partial charge in [-0.1, -0.05) is 23.2 Å². The molecule has 9 heteroatoms. The van der Waals surface area contributed by atoms with E-state index in [-0.39, 0.29) is 24.1 Å². The maximum Gasteiger partial charge on any atom is 0.269 e. The van der Waals surface area contributed by atoms with Gasteiger partial charge in [-0.15, -0.1) is 10.2 Å². The van der Waals surface area contributed by atoms with Crippen molar-refractivity contribution in [3.05, 3.63) is 68.5 Å². The molecule has 0 unspecified atom stereocenters. The van der Waals surface area contributed by atoms with Crippen molar-refractivity contribution in [2.75, 3.05) is 0 Å². The molecule has 0 atom stereocenters. The summed E-state index contributed by atoms with van der Waals surface area (Å²) in [6.45, 7) is 0.0139. The van der Waals surface area contributed by atoms with E-state index in [4.69, 9.17) is 32.4 Å². The summed E-state index contributed by atoms with van der Waals surface area (Å²) in [7, 11) is 0. The third-order valence-corrected chi connectivity index (χ3v) is 3.58. The first kappa shape index (κ1) is 16.2. The molecular weight excluding hydrogens is 357 g/mol. The van der Waals surface area contributed by atoms with Crippen LogP contribution in [0.5, 0.6) is 5.75 Å². The minimum absolute atomic E-state index is 0.0139. The molecule has 0 fully saturated rings.